The van der Waals surface area contributed by atoms with E-state index in [0.717, 1.165) is 17.4 Å². The molecule has 29 heavy (non-hydrogen) atoms. The van der Waals surface area contributed by atoms with Gasteiger partial charge < -0.3 is 4.90 Å². The van der Waals surface area contributed by atoms with E-state index in [2.05, 4.69) is 0 Å². The van der Waals surface area contributed by atoms with E-state index in [9.17, 15) is 18.8 Å². The first-order valence-electron chi connectivity index (χ1n) is 9.66. The summed E-state index contributed by atoms with van der Waals surface area (Å²) in [5.74, 6) is -0.576. The smallest absolute Gasteiger partial charge is 0.336 e. The molecule has 2 heterocycles. The molecule has 0 fully saturated rings. The van der Waals surface area contributed by atoms with Gasteiger partial charge in [0.2, 0.25) is 5.91 Å². The van der Waals surface area contributed by atoms with Crippen LogP contribution in [0.2, 0.25) is 0 Å². The standard InChI is InChI=1S/C21H24FN3O3S/c1-4-9-23(10-5-2)18(26)13-24-17-8-11-29-19(17)20(27)25(21(24)28)15-6-7-16(22)14(3)12-15/h6-8,11-12H,4-5,9-10,13H2,1-3H3. The summed E-state index contributed by atoms with van der Waals surface area (Å²) in [5.41, 5.74) is -0.00240. The Morgan fingerprint density at radius 1 is 1.14 bits per heavy atom. The Kier molecular flexibility index (Phi) is 6.32. The average molecular weight is 418 g/mol. The minimum Gasteiger partial charge on any atom is -0.341 e. The lowest BCUT2D eigenvalue weighted by atomic mass is 10.2. The molecule has 0 saturated heterocycles. The Morgan fingerprint density at radius 3 is 2.45 bits per heavy atom. The molecule has 1 amide bonds. The van der Waals surface area contributed by atoms with Crippen LogP contribution in [0.25, 0.3) is 15.9 Å². The van der Waals surface area contributed by atoms with Crippen molar-refractivity contribution in [3.8, 4) is 5.69 Å². The van der Waals surface area contributed by atoms with Gasteiger partial charge in [0.05, 0.1) is 11.2 Å². The average Bonchev–Trinajstić information content (AvgIpc) is 3.18. The van der Waals surface area contributed by atoms with Crippen LogP contribution in [0.5, 0.6) is 0 Å². The van der Waals surface area contributed by atoms with Gasteiger partial charge in [0.25, 0.3) is 5.56 Å². The fourth-order valence-corrected chi connectivity index (χ4v) is 4.20. The van der Waals surface area contributed by atoms with E-state index >= 15 is 0 Å². The normalized spacial score (nSPS) is 11.2. The van der Waals surface area contributed by atoms with Crippen molar-refractivity contribution in [3.05, 3.63) is 61.9 Å². The van der Waals surface area contributed by atoms with Crippen molar-refractivity contribution in [2.45, 2.75) is 40.2 Å². The monoisotopic (exact) mass is 417 g/mol. The number of fused-ring (bicyclic) bond motifs is 1. The van der Waals surface area contributed by atoms with Gasteiger partial charge in [0.1, 0.15) is 17.1 Å². The molecule has 0 aliphatic carbocycles. The molecule has 0 saturated carbocycles. The van der Waals surface area contributed by atoms with Crippen LogP contribution >= 0.6 is 11.3 Å². The van der Waals surface area contributed by atoms with Gasteiger partial charge in [-0.25, -0.2) is 13.8 Å². The van der Waals surface area contributed by atoms with Crippen molar-refractivity contribution in [1.82, 2.24) is 14.0 Å². The quantitative estimate of drug-likeness (QED) is 0.592. The molecule has 0 radical (unpaired) electrons. The molecular formula is C21H24FN3O3S. The second kappa shape index (κ2) is 8.73. The summed E-state index contributed by atoms with van der Waals surface area (Å²) in [6.45, 7) is 6.65. The van der Waals surface area contributed by atoms with Crippen molar-refractivity contribution in [2.75, 3.05) is 13.1 Å². The lowest BCUT2D eigenvalue weighted by Gasteiger charge is -2.22. The van der Waals surface area contributed by atoms with Gasteiger partial charge in [-0.05, 0) is 55.0 Å². The molecule has 0 atom stereocenters. The van der Waals surface area contributed by atoms with Crippen molar-refractivity contribution >= 4 is 27.5 Å². The Labute approximate surface area is 171 Å². The number of carbonyl (C=O) groups is 1. The fraction of sp³-hybridized carbons (Fsp3) is 0.381. The highest BCUT2D eigenvalue weighted by Crippen LogP contribution is 2.18. The highest BCUT2D eigenvalue weighted by Gasteiger charge is 2.20. The molecule has 0 aliphatic rings. The summed E-state index contributed by atoms with van der Waals surface area (Å²) >= 11 is 1.22. The van der Waals surface area contributed by atoms with Gasteiger partial charge in [-0.15, -0.1) is 11.3 Å². The zero-order chi connectivity index (χ0) is 21.1. The van der Waals surface area contributed by atoms with Crippen LogP contribution < -0.4 is 11.2 Å². The molecule has 0 aliphatic heterocycles. The summed E-state index contributed by atoms with van der Waals surface area (Å²) in [4.78, 5) is 40.8. The van der Waals surface area contributed by atoms with Gasteiger partial charge >= 0.3 is 5.69 Å². The molecule has 0 N–H and O–H groups in total. The molecule has 0 unspecified atom stereocenters. The first-order chi connectivity index (χ1) is 13.9. The first-order valence-corrected chi connectivity index (χ1v) is 10.5. The third-order valence-corrected chi connectivity index (χ3v) is 5.68. The number of hydrogen-bond donors (Lipinski definition) is 0. The van der Waals surface area contributed by atoms with Crippen molar-refractivity contribution in [2.24, 2.45) is 0 Å². The Morgan fingerprint density at radius 2 is 1.83 bits per heavy atom. The maximum Gasteiger partial charge on any atom is 0.336 e. The summed E-state index contributed by atoms with van der Waals surface area (Å²) in [5, 5.41) is 1.72. The van der Waals surface area contributed by atoms with E-state index in [1.54, 1.807) is 23.3 Å². The second-order valence-electron chi connectivity index (χ2n) is 6.96. The maximum absolute atomic E-state index is 13.7. The molecule has 3 aromatic rings. The van der Waals surface area contributed by atoms with Crippen LogP contribution in [0.3, 0.4) is 0 Å². The van der Waals surface area contributed by atoms with Crippen LogP contribution in [0.4, 0.5) is 4.39 Å². The summed E-state index contributed by atoms with van der Waals surface area (Å²) in [6, 6.07) is 5.77. The molecule has 8 heteroatoms. The van der Waals surface area contributed by atoms with Gasteiger partial charge in [0, 0.05) is 13.1 Å². The van der Waals surface area contributed by atoms with Crippen LogP contribution in [-0.4, -0.2) is 33.0 Å². The molecule has 6 nitrogen and oxygen atoms in total. The topological polar surface area (TPSA) is 64.3 Å². The van der Waals surface area contributed by atoms with Gasteiger partial charge in [0.15, 0.2) is 0 Å². The zero-order valence-corrected chi connectivity index (χ0v) is 17.6. The number of hydrogen-bond acceptors (Lipinski definition) is 4. The van der Waals surface area contributed by atoms with E-state index in [0.29, 0.717) is 28.9 Å². The lowest BCUT2D eigenvalue weighted by Crippen LogP contribution is -2.43. The van der Waals surface area contributed by atoms with Crippen molar-refractivity contribution < 1.29 is 9.18 Å². The number of amides is 1. The number of carbonyl (C=O) groups excluding carboxylic acids is 1. The molecule has 154 valence electrons. The van der Waals surface area contributed by atoms with Crippen molar-refractivity contribution in [3.63, 3.8) is 0 Å². The molecular weight excluding hydrogens is 393 g/mol. The number of halogens is 1. The number of thiophene rings is 1. The Balaban J connectivity index is 2.16. The summed E-state index contributed by atoms with van der Waals surface area (Å²) in [6.07, 6.45) is 1.64. The predicted octanol–water partition coefficient (Wildman–Crippen LogP) is 3.31. The minimum atomic E-state index is -0.604. The third-order valence-electron chi connectivity index (χ3n) is 4.79. The molecule has 3 rings (SSSR count). The van der Waals surface area contributed by atoms with Crippen molar-refractivity contribution in [1.29, 1.82) is 0 Å². The Bertz CT molecular complexity index is 1160. The SMILES string of the molecule is CCCN(CCC)C(=O)Cn1c(=O)n(-c2ccc(F)c(C)c2)c(=O)c2sccc21. The van der Waals surface area contributed by atoms with E-state index in [-0.39, 0.29) is 18.1 Å². The maximum atomic E-state index is 13.7. The Hall–Kier alpha value is -2.74. The number of aromatic nitrogens is 2. The molecule has 0 bridgehead atoms. The first kappa shape index (κ1) is 21.0. The zero-order valence-electron chi connectivity index (χ0n) is 16.8. The largest absolute Gasteiger partial charge is 0.341 e. The van der Waals surface area contributed by atoms with Gasteiger partial charge in [-0.1, -0.05) is 13.8 Å². The summed E-state index contributed by atoms with van der Waals surface area (Å²) in [7, 11) is 0. The van der Waals surface area contributed by atoms with Crippen LogP contribution in [-0.2, 0) is 11.3 Å². The summed E-state index contributed by atoms with van der Waals surface area (Å²) < 4.78 is 16.4. The molecule has 1 aromatic carbocycles. The number of rotatable bonds is 7. The highest BCUT2D eigenvalue weighted by atomic mass is 32.1. The second-order valence-corrected chi connectivity index (χ2v) is 7.87. The van der Waals surface area contributed by atoms with Crippen LogP contribution in [0.1, 0.15) is 32.3 Å². The third kappa shape index (κ3) is 4.03. The lowest BCUT2D eigenvalue weighted by molar-refractivity contribution is -0.131. The number of nitrogens with zero attached hydrogens (tertiary/aromatic N) is 3. The van der Waals surface area contributed by atoms with E-state index in [4.69, 9.17) is 0 Å². The van der Waals surface area contributed by atoms with Gasteiger partial charge in [-0.3, -0.25) is 14.2 Å². The molecule has 0 spiro atoms. The van der Waals surface area contributed by atoms with Gasteiger partial charge in [-0.2, -0.15) is 0 Å². The van der Waals surface area contributed by atoms with Crippen LogP contribution in [0, 0.1) is 12.7 Å². The van der Waals surface area contributed by atoms with Crippen LogP contribution in [0.15, 0.2) is 39.2 Å². The fourth-order valence-electron chi connectivity index (χ4n) is 3.37. The number of aryl methyl sites for hydroxylation is 1. The predicted molar refractivity (Wildman–Crippen MR) is 114 cm³/mol. The highest BCUT2D eigenvalue weighted by molar-refractivity contribution is 7.17. The van der Waals surface area contributed by atoms with E-state index in [1.165, 1.54) is 34.1 Å². The minimum absolute atomic E-state index is 0.146. The number of benzene rings is 1. The molecule has 2 aromatic heterocycles. The van der Waals surface area contributed by atoms with E-state index in [1.807, 2.05) is 13.8 Å². The van der Waals surface area contributed by atoms with E-state index < -0.39 is 17.1 Å².